The zero-order chi connectivity index (χ0) is 15.7. The zero-order valence-electron chi connectivity index (χ0n) is 12.6. The number of nitrogens with zero attached hydrogens (tertiary/aromatic N) is 1. The van der Waals surface area contributed by atoms with E-state index in [1.165, 1.54) is 18.9 Å². The standard InChI is InChI=1S/C15H21NO4S/c1-4-5-6-9-21-15-11-13(19-2)12(7-8-16(17)18)10-14(15)20-3/h7-8,10-11H,4-6,9H2,1-3H3. The molecule has 0 spiro atoms. The molecule has 0 bridgehead atoms. The van der Waals surface area contributed by atoms with Gasteiger partial charge in [-0.05, 0) is 24.3 Å². The van der Waals surface area contributed by atoms with Gasteiger partial charge in [0.15, 0.2) is 0 Å². The van der Waals surface area contributed by atoms with Crippen molar-refractivity contribution in [3.63, 3.8) is 0 Å². The van der Waals surface area contributed by atoms with Gasteiger partial charge in [-0.2, -0.15) is 0 Å². The van der Waals surface area contributed by atoms with Crippen LogP contribution in [0.15, 0.2) is 23.2 Å². The molecular weight excluding hydrogens is 290 g/mol. The van der Waals surface area contributed by atoms with Crippen molar-refractivity contribution in [1.82, 2.24) is 0 Å². The van der Waals surface area contributed by atoms with E-state index < -0.39 is 4.92 Å². The molecule has 0 amide bonds. The fraction of sp³-hybridized carbons (Fsp3) is 0.467. The Kier molecular flexibility index (Phi) is 7.68. The van der Waals surface area contributed by atoms with E-state index in [9.17, 15) is 10.1 Å². The van der Waals surface area contributed by atoms with Crippen molar-refractivity contribution in [2.75, 3.05) is 20.0 Å². The molecule has 1 rings (SSSR count). The minimum atomic E-state index is -0.501. The third-order valence-corrected chi connectivity index (χ3v) is 4.02. The number of hydrogen-bond donors (Lipinski definition) is 0. The maximum atomic E-state index is 10.4. The fourth-order valence-corrected chi connectivity index (χ4v) is 2.85. The predicted octanol–water partition coefficient (Wildman–Crippen LogP) is 4.23. The first kappa shape index (κ1) is 17.4. The lowest BCUT2D eigenvalue weighted by Gasteiger charge is -2.12. The smallest absolute Gasteiger partial charge is 0.235 e. The van der Waals surface area contributed by atoms with Crippen molar-refractivity contribution >= 4 is 17.8 Å². The first-order valence-electron chi connectivity index (χ1n) is 6.82. The van der Waals surface area contributed by atoms with Gasteiger partial charge in [-0.1, -0.05) is 19.8 Å². The molecule has 0 fully saturated rings. The minimum absolute atomic E-state index is 0.501. The molecule has 5 nitrogen and oxygen atoms in total. The molecule has 0 radical (unpaired) electrons. The van der Waals surface area contributed by atoms with Gasteiger partial charge in [0.25, 0.3) is 0 Å². The number of unbranched alkanes of at least 4 members (excludes halogenated alkanes) is 2. The van der Waals surface area contributed by atoms with Gasteiger partial charge < -0.3 is 9.47 Å². The second-order valence-corrected chi connectivity index (χ2v) is 5.54. The molecule has 0 aromatic heterocycles. The van der Waals surface area contributed by atoms with Gasteiger partial charge in [-0.3, -0.25) is 10.1 Å². The van der Waals surface area contributed by atoms with Crippen molar-refractivity contribution in [3.05, 3.63) is 34.0 Å². The first-order chi connectivity index (χ1) is 10.1. The molecule has 0 atom stereocenters. The van der Waals surface area contributed by atoms with Crippen molar-refractivity contribution in [1.29, 1.82) is 0 Å². The summed E-state index contributed by atoms with van der Waals surface area (Å²) in [6.45, 7) is 2.17. The van der Waals surface area contributed by atoms with Crippen LogP contribution in [-0.2, 0) is 0 Å². The number of methoxy groups -OCH3 is 2. The normalized spacial score (nSPS) is 10.8. The molecule has 0 N–H and O–H groups in total. The number of thioether (sulfide) groups is 1. The number of benzene rings is 1. The average molecular weight is 311 g/mol. The third-order valence-electron chi connectivity index (χ3n) is 2.90. The van der Waals surface area contributed by atoms with Gasteiger partial charge in [-0.25, -0.2) is 0 Å². The van der Waals surface area contributed by atoms with E-state index in [0.29, 0.717) is 17.1 Å². The zero-order valence-corrected chi connectivity index (χ0v) is 13.4. The van der Waals surface area contributed by atoms with Crippen LogP contribution in [-0.4, -0.2) is 24.9 Å². The van der Waals surface area contributed by atoms with Crippen LogP contribution in [0.3, 0.4) is 0 Å². The highest BCUT2D eigenvalue weighted by Crippen LogP contribution is 2.36. The average Bonchev–Trinajstić information content (AvgIpc) is 2.49. The predicted molar refractivity (Wildman–Crippen MR) is 85.8 cm³/mol. The molecule has 21 heavy (non-hydrogen) atoms. The third kappa shape index (κ3) is 5.67. The van der Waals surface area contributed by atoms with Gasteiger partial charge in [0.2, 0.25) is 6.20 Å². The Hall–Kier alpha value is -1.69. The summed E-state index contributed by atoms with van der Waals surface area (Å²) in [5.74, 6) is 2.32. The van der Waals surface area contributed by atoms with Crippen LogP contribution in [0.1, 0.15) is 31.7 Å². The van der Waals surface area contributed by atoms with E-state index in [0.717, 1.165) is 23.3 Å². The van der Waals surface area contributed by atoms with Gasteiger partial charge in [0.1, 0.15) is 11.5 Å². The van der Waals surface area contributed by atoms with Crippen LogP contribution in [0.25, 0.3) is 6.08 Å². The maximum Gasteiger partial charge on any atom is 0.235 e. The highest BCUT2D eigenvalue weighted by molar-refractivity contribution is 7.99. The molecular formula is C15H21NO4S. The van der Waals surface area contributed by atoms with Crippen LogP contribution >= 0.6 is 11.8 Å². The van der Waals surface area contributed by atoms with Crippen molar-refractivity contribution in [2.45, 2.75) is 31.1 Å². The quantitative estimate of drug-likeness (QED) is 0.295. The van der Waals surface area contributed by atoms with Crippen LogP contribution in [0, 0.1) is 10.1 Å². The molecule has 6 heteroatoms. The Bertz CT molecular complexity index is 503. The van der Waals surface area contributed by atoms with Gasteiger partial charge >= 0.3 is 0 Å². The van der Waals surface area contributed by atoms with E-state index in [2.05, 4.69) is 6.92 Å². The topological polar surface area (TPSA) is 61.6 Å². The molecule has 116 valence electrons. The molecule has 0 unspecified atom stereocenters. The molecule has 0 aliphatic heterocycles. The van der Waals surface area contributed by atoms with E-state index in [1.54, 1.807) is 32.0 Å². The number of hydrogen-bond acceptors (Lipinski definition) is 5. The maximum absolute atomic E-state index is 10.4. The monoisotopic (exact) mass is 311 g/mol. The Labute approximate surface area is 129 Å². The largest absolute Gasteiger partial charge is 0.496 e. The number of nitro groups is 1. The first-order valence-corrected chi connectivity index (χ1v) is 7.81. The molecule has 1 aromatic carbocycles. The number of ether oxygens (including phenoxy) is 2. The van der Waals surface area contributed by atoms with Gasteiger partial charge in [0, 0.05) is 11.6 Å². The Morgan fingerprint density at radius 1 is 1.24 bits per heavy atom. The number of rotatable bonds is 9. The molecule has 0 saturated heterocycles. The van der Waals surface area contributed by atoms with Crippen molar-refractivity contribution < 1.29 is 14.4 Å². The summed E-state index contributed by atoms with van der Waals surface area (Å²) in [6, 6.07) is 3.63. The van der Waals surface area contributed by atoms with E-state index in [-0.39, 0.29) is 0 Å². The van der Waals surface area contributed by atoms with Crippen molar-refractivity contribution in [2.24, 2.45) is 0 Å². The summed E-state index contributed by atoms with van der Waals surface area (Å²) in [6.07, 6.45) is 5.84. The molecule has 1 aromatic rings. The van der Waals surface area contributed by atoms with Crippen molar-refractivity contribution in [3.8, 4) is 11.5 Å². The van der Waals surface area contributed by atoms with Crippen LogP contribution in [0.5, 0.6) is 11.5 Å². The van der Waals surface area contributed by atoms with E-state index in [4.69, 9.17) is 9.47 Å². The van der Waals surface area contributed by atoms with Crippen LogP contribution in [0.4, 0.5) is 0 Å². The summed E-state index contributed by atoms with van der Waals surface area (Å²) in [5, 5.41) is 10.4. The van der Waals surface area contributed by atoms with E-state index >= 15 is 0 Å². The lowest BCUT2D eigenvalue weighted by Crippen LogP contribution is -1.94. The summed E-state index contributed by atoms with van der Waals surface area (Å²) < 4.78 is 10.7. The Morgan fingerprint density at radius 2 is 1.95 bits per heavy atom. The fourth-order valence-electron chi connectivity index (χ4n) is 1.81. The highest BCUT2D eigenvalue weighted by atomic mass is 32.2. The summed E-state index contributed by atoms with van der Waals surface area (Å²) in [7, 11) is 3.15. The molecule has 0 saturated carbocycles. The van der Waals surface area contributed by atoms with Gasteiger partial charge in [-0.15, -0.1) is 11.8 Å². The lowest BCUT2D eigenvalue weighted by molar-refractivity contribution is -0.400. The summed E-state index contributed by atoms with van der Waals surface area (Å²) in [5.41, 5.74) is 0.629. The van der Waals surface area contributed by atoms with E-state index in [1.807, 2.05) is 6.07 Å². The molecule has 0 aliphatic rings. The minimum Gasteiger partial charge on any atom is -0.496 e. The second kappa shape index (κ2) is 9.28. The molecule has 0 aliphatic carbocycles. The van der Waals surface area contributed by atoms with Crippen LogP contribution < -0.4 is 9.47 Å². The second-order valence-electron chi connectivity index (χ2n) is 4.40. The Balaban J connectivity index is 2.96. The van der Waals surface area contributed by atoms with Crippen LogP contribution in [0.2, 0.25) is 0 Å². The summed E-state index contributed by atoms with van der Waals surface area (Å²) in [4.78, 5) is 10.9. The Morgan fingerprint density at radius 3 is 2.52 bits per heavy atom. The lowest BCUT2D eigenvalue weighted by atomic mass is 10.2. The highest BCUT2D eigenvalue weighted by Gasteiger charge is 2.11. The van der Waals surface area contributed by atoms with Gasteiger partial charge in [0.05, 0.1) is 24.0 Å². The molecule has 0 heterocycles. The summed E-state index contributed by atoms with van der Waals surface area (Å²) >= 11 is 1.71. The SMILES string of the molecule is CCCCCSc1cc(OC)c(C=C[N+](=O)[O-])cc1OC.